The highest BCUT2D eigenvalue weighted by Crippen LogP contribution is 2.18. The van der Waals surface area contributed by atoms with E-state index in [1.54, 1.807) is 72.7 Å². The van der Waals surface area contributed by atoms with Gasteiger partial charge in [-0.2, -0.15) is 0 Å². The number of aliphatic carboxylic acids is 1. The number of benzene rings is 2. The van der Waals surface area contributed by atoms with E-state index in [0.29, 0.717) is 6.42 Å². The summed E-state index contributed by atoms with van der Waals surface area (Å²) < 4.78 is 61.2. The molecule has 1 aliphatic heterocycles. The van der Waals surface area contributed by atoms with Crippen molar-refractivity contribution in [1.29, 1.82) is 0 Å². The smallest absolute Gasteiger partial charge is 0.408 e. The Bertz CT molecular complexity index is 2880. The lowest BCUT2D eigenvalue weighted by atomic mass is 9.96. The number of nitrogens with one attached hydrogen (secondary N) is 8. The molecule has 0 aliphatic carbocycles. The molecule has 2 aromatic carbocycles. The molecule has 0 spiro atoms. The van der Waals surface area contributed by atoms with E-state index in [-0.39, 0.29) is 68.0 Å². The van der Waals surface area contributed by atoms with Gasteiger partial charge in [0.15, 0.2) is 0 Å². The summed E-state index contributed by atoms with van der Waals surface area (Å²) in [5, 5.41) is 23.9. The lowest BCUT2D eigenvalue weighted by Crippen LogP contribution is -2.60. The van der Waals surface area contributed by atoms with Crippen LogP contribution in [-0.2, 0) is 63.1 Å². The van der Waals surface area contributed by atoms with Gasteiger partial charge in [0.1, 0.15) is 42.4 Å². The molecular formula is C51H78N14O15S2. The fourth-order valence-electron chi connectivity index (χ4n) is 7.92. The third-order valence-electron chi connectivity index (χ3n) is 12.5. The number of amides is 8. The molecule has 1 aliphatic rings. The summed E-state index contributed by atoms with van der Waals surface area (Å²) >= 11 is 0. The van der Waals surface area contributed by atoms with E-state index in [1.807, 2.05) is 0 Å². The minimum atomic E-state index is -4.14. The predicted molar refractivity (Wildman–Crippen MR) is 300 cm³/mol. The molecule has 3 rings (SSSR count). The van der Waals surface area contributed by atoms with Crippen LogP contribution in [0.1, 0.15) is 104 Å². The number of hydrogen-bond acceptors (Lipinski definition) is 16. The number of ether oxygens (including phenoxy) is 1. The maximum absolute atomic E-state index is 14.3. The number of nitrogens with two attached hydrogens (primary N) is 3. The first-order valence-electron chi connectivity index (χ1n) is 26.4. The zero-order valence-electron chi connectivity index (χ0n) is 47.0. The van der Waals surface area contributed by atoms with Crippen molar-refractivity contribution in [2.75, 3.05) is 32.7 Å². The van der Waals surface area contributed by atoms with Crippen molar-refractivity contribution in [2.45, 2.75) is 152 Å². The minimum absolute atomic E-state index is 0.0381. The van der Waals surface area contributed by atoms with Crippen LogP contribution in [0.4, 0.5) is 4.79 Å². The van der Waals surface area contributed by atoms with Gasteiger partial charge in [0.25, 0.3) is 20.0 Å². The number of nitrogens with zero attached hydrogens (tertiary/aromatic N) is 3. The summed E-state index contributed by atoms with van der Waals surface area (Å²) in [5.41, 5.74) is 17.9. The molecule has 31 heteroatoms. The van der Waals surface area contributed by atoms with E-state index in [1.165, 1.54) is 29.2 Å². The Morgan fingerprint density at radius 1 is 0.683 bits per heavy atom. The number of aliphatic imine (C=N–C) groups is 2. The highest BCUT2D eigenvalue weighted by Gasteiger charge is 2.37. The van der Waals surface area contributed by atoms with Crippen molar-refractivity contribution in [1.82, 2.24) is 46.2 Å². The molecule has 0 saturated carbocycles. The van der Waals surface area contributed by atoms with Crippen molar-refractivity contribution in [2.24, 2.45) is 33.1 Å². The number of carboxylic acids is 1. The van der Waals surface area contributed by atoms with Crippen LogP contribution in [0.25, 0.3) is 0 Å². The Labute approximate surface area is 477 Å². The molecule has 82 heavy (non-hydrogen) atoms. The SMILES string of the molecule is CC[C@H](C)[C@H](NC(=O)[C@H](CCCN=C(N)NS(=O)(=O)c1ccc(C)cc1)NC(=O)OC(C)(C)C)C(=O)N[C@@H](CCC(N)=O)C(=O)N[C@@H](CCCN=C(N)NS(=O)(=O)c1ccc(C)cc1)C(=O)NCC(=O)N1CCC[C@H]1C(=O)NCC(=O)O. The number of carbonyl (C=O) groups excluding carboxylic acids is 8. The Morgan fingerprint density at radius 2 is 1.16 bits per heavy atom. The van der Waals surface area contributed by atoms with Crippen LogP contribution in [0.15, 0.2) is 68.3 Å². The van der Waals surface area contributed by atoms with Crippen molar-refractivity contribution >= 4 is 85.4 Å². The number of sulfonamides is 2. The van der Waals surface area contributed by atoms with Gasteiger partial charge in [-0.15, -0.1) is 0 Å². The number of aryl methyl sites for hydroxylation is 2. The number of rotatable bonds is 30. The standard InChI is InChI=1S/C51H78N14O15S2/c1-8-32(4)42(62-45(72)36(61-50(75)80-51(5,6)7)13-10-26-56-49(54)64-82(78,79)34-21-17-31(3)18-22-34)47(74)60-37(23-24-39(52)66)44(71)59-35(12-9-25-55-48(53)63-81(76,77)33-19-15-30(2)16-20-33)43(70)57-28-40(67)65-27-11-14-38(65)46(73)58-29-41(68)69/h15-22,32,35-38,42H,8-14,23-29H2,1-7H3,(H2,52,66)(H,57,70)(H,58,73)(H,59,71)(H,60,74)(H,61,75)(H,62,72)(H,68,69)(H3,53,55,63)(H3,54,56,64)/t32-,35-,36-,37-,38-,42-/m0/s1. The third-order valence-corrected chi connectivity index (χ3v) is 15.2. The number of alkyl carbamates (subject to hydrolysis) is 1. The minimum Gasteiger partial charge on any atom is -0.480 e. The largest absolute Gasteiger partial charge is 0.480 e. The van der Waals surface area contributed by atoms with Crippen molar-refractivity contribution in [3.05, 3.63) is 59.7 Å². The van der Waals surface area contributed by atoms with Crippen molar-refractivity contribution in [3.63, 3.8) is 0 Å². The predicted octanol–water partition coefficient (Wildman–Crippen LogP) is -1.28. The van der Waals surface area contributed by atoms with Crippen LogP contribution < -0.4 is 58.5 Å². The van der Waals surface area contributed by atoms with Crippen LogP contribution >= 0.6 is 0 Å². The second-order valence-electron chi connectivity index (χ2n) is 20.4. The lowest BCUT2D eigenvalue weighted by Gasteiger charge is -2.29. The molecule has 15 N–H and O–H groups in total. The van der Waals surface area contributed by atoms with Gasteiger partial charge in [-0.05, 0) is 110 Å². The molecule has 29 nitrogen and oxygen atoms in total. The summed E-state index contributed by atoms with van der Waals surface area (Å²) in [6.45, 7) is 10.1. The zero-order chi connectivity index (χ0) is 61.5. The van der Waals surface area contributed by atoms with Gasteiger partial charge in [-0.25, -0.2) is 31.1 Å². The van der Waals surface area contributed by atoms with Gasteiger partial charge in [-0.1, -0.05) is 55.7 Å². The molecular weight excluding hydrogens is 1110 g/mol. The van der Waals surface area contributed by atoms with E-state index in [2.05, 4.69) is 51.3 Å². The van der Waals surface area contributed by atoms with E-state index in [4.69, 9.17) is 27.0 Å². The maximum Gasteiger partial charge on any atom is 0.408 e. The average molecular weight is 1190 g/mol. The van der Waals surface area contributed by atoms with Gasteiger partial charge < -0.3 is 63.8 Å². The molecule has 1 fully saturated rings. The Kier molecular flexibility index (Phi) is 26.4. The number of carbonyl (C=O) groups is 9. The number of likely N-dealkylation sites (tertiary alicyclic amines) is 1. The fraction of sp³-hybridized carbons (Fsp3) is 0.549. The van der Waals surface area contributed by atoms with Gasteiger partial charge in [-0.3, -0.25) is 48.3 Å². The first-order chi connectivity index (χ1) is 38.3. The van der Waals surface area contributed by atoms with Crippen LogP contribution in [-0.4, -0.2) is 161 Å². The molecule has 1 heterocycles. The number of primary amides is 1. The molecule has 8 amide bonds. The van der Waals surface area contributed by atoms with E-state index in [9.17, 15) is 60.0 Å². The first-order valence-corrected chi connectivity index (χ1v) is 29.3. The van der Waals surface area contributed by atoms with Crippen LogP contribution in [0.2, 0.25) is 0 Å². The highest BCUT2D eigenvalue weighted by molar-refractivity contribution is 7.90. The fourth-order valence-corrected chi connectivity index (χ4v) is 9.82. The van der Waals surface area contributed by atoms with Gasteiger partial charge in [0, 0.05) is 26.1 Å². The number of hydrogen-bond donors (Lipinski definition) is 12. The van der Waals surface area contributed by atoms with Crippen LogP contribution in [0.5, 0.6) is 0 Å². The molecule has 0 radical (unpaired) electrons. The van der Waals surface area contributed by atoms with Crippen molar-refractivity contribution in [3.8, 4) is 0 Å². The third kappa shape index (κ3) is 23.6. The zero-order valence-corrected chi connectivity index (χ0v) is 48.7. The first kappa shape index (κ1) is 68.2. The number of guanidine groups is 2. The Balaban J connectivity index is 1.87. The molecule has 0 aromatic heterocycles. The quantitative estimate of drug-likeness (QED) is 0.0246. The average Bonchev–Trinajstić information content (AvgIpc) is 3.97. The Morgan fingerprint density at radius 3 is 1.63 bits per heavy atom. The second-order valence-corrected chi connectivity index (χ2v) is 23.8. The summed E-state index contributed by atoms with van der Waals surface area (Å²) in [6, 6.07) is 4.96. The van der Waals surface area contributed by atoms with E-state index in [0.717, 1.165) is 11.1 Å². The molecule has 2 aromatic rings. The number of carboxylic acid groups (broad SMARTS) is 1. The molecule has 454 valence electrons. The van der Waals surface area contributed by atoms with E-state index < -0.39 is 153 Å². The van der Waals surface area contributed by atoms with E-state index >= 15 is 0 Å². The molecule has 6 atom stereocenters. The topological polar surface area (TPSA) is 454 Å². The summed E-state index contributed by atoms with van der Waals surface area (Å²) in [4.78, 5) is 128. The van der Waals surface area contributed by atoms with Crippen LogP contribution in [0, 0.1) is 19.8 Å². The highest BCUT2D eigenvalue weighted by atomic mass is 32.2. The molecule has 0 bridgehead atoms. The summed E-state index contributed by atoms with van der Waals surface area (Å²) in [6.07, 6.45) is -1.38. The molecule has 0 unspecified atom stereocenters. The maximum atomic E-state index is 14.3. The summed E-state index contributed by atoms with van der Waals surface area (Å²) in [7, 11) is -8.22. The molecule has 1 saturated heterocycles. The summed E-state index contributed by atoms with van der Waals surface area (Å²) in [5.74, 6) is -8.96. The normalized spacial score (nSPS) is 15.7. The van der Waals surface area contributed by atoms with Gasteiger partial charge >= 0.3 is 12.1 Å². The van der Waals surface area contributed by atoms with Crippen molar-refractivity contribution < 1.29 is 69.8 Å². The van der Waals surface area contributed by atoms with Crippen LogP contribution in [0.3, 0.4) is 0 Å². The monoisotopic (exact) mass is 1190 g/mol. The second kappa shape index (κ2) is 31.8. The van der Waals surface area contributed by atoms with Gasteiger partial charge in [0.2, 0.25) is 53.3 Å². The Hall–Kier alpha value is -8.09. The lowest BCUT2D eigenvalue weighted by molar-refractivity contribution is -0.141. The van der Waals surface area contributed by atoms with Gasteiger partial charge in [0.05, 0.1) is 16.3 Å².